The summed E-state index contributed by atoms with van der Waals surface area (Å²) in [6.07, 6.45) is 0.111. The number of nitrogens with one attached hydrogen (secondary N) is 1. The summed E-state index contributed by atoms with van der Waals surface area (Å²) in [6, 6.07) is -0.418. The molecule has 0 aliphatic heterocycles. The summed E-state index contributed by atoms with van der Waals surface area (Å²) in [5.41, 5.74) is -1.03. The monoisotopic (exact) mass is 274 g/mol. The lowest BCUT2D eigenvalue weighted by atomic mass is 9.94. The highest BCUT2D eigenvalue weighted by Crippen LogP contribution is 2.13. The van der Waals surface area contributed by atoms with Gasteiger partial charge in [0.2, 0.25) is 0 Å². The number of amides is 2. The Morgan fingerprint density at radius 2 is 1.89 bits per heavy atom. The Balaban J connectivity index is 4.08. The van der Waals surface area contributed by atoms with Crippen molar-refractivity contribution in [3.05, 3.63) is 0 Å². The van der Waals surface area contributed by atoms with E-state index in [4.69, 9.17) is 9.84 Å². The van der Waals surface area contributed by atoms with Crippen molar-refractivity contribution in [3.63, 3.8) is 0 Å². The van der Waals surface area contributed by atoms with Crippen LogP contribution in [0.5, 0.6) is 0 Å². The van der Waals surface area contributed by atoms with E-state index in [0.29, 0.717) is 6.61 Å². The van der Waals surface area contributed by atoms with Gasteiger partial charge in [-0.15, -0.1) is 0 Å². The topological polar surface area (TPSA) is 95.9 Å². The predicted molar refractivity (Wildman–Crippen MR) is 68.7 cm³/mol. The molecule has 110 valence electrons. The quantitative estimate of drug-likeness (QED) is 0.666. The van der Waals surface area contributed by atoms with Crippen LogP contribution in [0.25, 0.3) is 0 Å². The Morgan fingerprint density at radius 1 is 1.32 bits per heavy atom. The highest BCUT2D eigenvalue weighted by molar-refractivity contribution is 5.78. The van der Waals surface area contributed by atoms with E-state index in [0.717, 1.165) is 0 Å². The van der Waals surface area contributed by atoms with Crippen LogP contribution in [0.2, 0.25) is 0 Å². The van der Waals surface area contributed by atoms with Crippen molar-refractivity contribution in [2.45, 2.75) is 27.2 Å². The third-order valence-electron chi connectivity index (χ3n) is 2.56. The molecule has 0 unspecified atom stereocenters. The van der Waals surface area contributed by atoms with E-state index < -0.39 is 17.4 Å². The van der Waals surface area contributed by atoms with Gasteiger partial charge in [0.25, 0.3) is 0 Å². The molecule has 0 rings (SSSR count). The minimum absolute atomic E-state index is 0.0188. The number of urea groups is 1. The summed E-state index contributed by atoms with van der Waals surface area (Å²) in [7, 11) is 1.53. The summed E-state index contributed by atoms with van der Waals surface area (Å²) < 4.78 is 4.74. The zero-order valence-corrected chi connectivity index (χ0v) is 11.9. The van der Waals surface area contributed by atoms with Crippen molar-refractivity contribution in [3.8, 4) is 0 Å². The van der Waals surface area contributed by atoms with E-state index in [9.17, 15) is 14.4 Å². The van der Waals surface area contributed by atoms with Gasteiger partial charge in [-0.3, -0.25) is 9.59 Å². The lowest BCUT2D eigenvalue weighted by molar-refractivity contribution is -0.146. The summed E-state index contributed by atoms with van der Waals surface area (Å²) in [4.78, 5) is 34.9. The molecule has 0 heterocycles. The number of esters is 1. The third-order valence-corrected chi connectivity index (χ3v) is 2.56. The molecule has 0 aromatic rings. The van der Waals surface area contributed by atoms with Crippen LogP contribution < -0.4 is 5.32 Å². The van der Waals surface area contributed by atoms with Crippen molar-refractivity contribution in [2.75, 3.05) is 26.7 Å². The molecule has 0 fully saturated rings. The molecule has 0 aromatic heterocycles. The lowest BCUT2D eigenvalue weighted by Gasteiger charge is -2.23. The molecule has 0 aliphatic rings. The van der Waals surface area contributed by atoms with Crippen molar-refractivity contribution < 1.29 is 24.2 Å². The number of carboxylic acids is 1. The van der Waals surface area contributed by atoms with E-state index in [1.165, 1.54) is 25.8 Å². The molecule has 7 nitrogen and oxygen atoms in total. The molecule has 7 heteroatoms. The van der Waals surface area contributed by atoms with E-state index in [1.807, 2.05) is 0 Å². The van der Waals surface area contributed by atoms with E-state index in [1.54, 1.807) is 6.92 Å². The summed E-state index contributed by atoms with van der Waals surface area (Å²) >= 11 is 0. The zero-order valence-electron chi connectivity index (χ0n) is 11.9. The number of hydrogen-bond acceptors (Lipinski definition) is 4. The number of rotatable bonds is 7. The van der Waals surface area contributed by atoms with Crippen LogP contribution in [0.3, 0.4) is 0 Å². The van der Waals surface area contributed by atoms with Gasteiger partial charge in [0.15, 0.2) is 0 Å². The van der Waals surface area contributed by atoms with Gasteiger partial charge in [-0.1, -0.05) is 0 Å². The number of carbonyl (C=O) groups excluding carboxylic acids is 2. The summed E-state index contributed by atoms with van der Waals surface area (Å²) in [6.45, 7) is 5.30. The van der Waals surface area contributed by atoms with Crippen molar-refractivity contribution in [1.29, 1.82) is 0 Å². The average Bonchev–Trinajstić information content (AvgIpc) is 2.33. The molecule has 0 radical (unpaired) electrons. The highest BCUT2D eigenvalue weighted by atomic mass is 16.5. The second-order valence-corrected chi connectivity index (χ2v) is 4.82. The van der Waals surface area contributed by atoms with Crippen molar-refractivity contribution >= 4 is 18.0 Å². The van der Waals surface area contributed by atoms with E-state index in [-0.39, 0.29) is 25.5 Å². The second-order valence-electron chi connectivity index (χ2n) is 4.82. The van der Waals surface area contributed by atoms with Crippen LogP contribution in [0.15, 0.2) is 0 Å². The number of nitrogens with zero attached hydrogens (tertiary/aromatic N) is 1. The number of hydrogen-bond donors (Lipinski definition) is 2. The molecule has 2 amide bonds. The molecule has 0 saturated carbocycles. The fraction of sp³-hybridized carbons (Fsp3) is 0.750. The number of ether oxygens (including phenoxy) is 1. The zero-order chi connectivity index (χ0) is 15.1. The first kappa shape index (κ1) is 17.2. The normalized spacial score (nSPS) is 10.7. The maximum Gasteiger partial charge on any atom is 0.317 e. The SMILES string of the molecule is CCOC(=O)CCN(C)C(=O)NCC(C)(C)C(=O)O. The molecule has 0 aliphatic carbocycles. The smallest absolute Gasteiger partial charge is 0.317 e. The Hall–Kier alpha value is -1.79. The molecule has 0 saturated heterocycles. The molecule has 2 N–H and O–H groups in total. The average molecular weight is 274 g/mol. The number of carboxylic acid groups (broad SMARTS) is 1. The molecule has 0 spiro atoms. The largest absolute Gasteiger partial charge is 0.481 e. The van der Waals surface area contributed by atoms with Gasteiger partial charge in [-0.05, 0) is 20.8 Å². The Bertz CT molecular complexity index is 341. The first-order valence-corrected chi connectivity index (χ1v) is 6.08. The van der Waals surface area contributed by atoms with Crippen LogP contribution in [0.4, 0.5) is 4.79 Å². The molecule has 0 bridgehead atoms. The summed E-state index contributed by atoms with van der Waals surface area (Å²) in [5, 5.41) is 11.4. The van der Waals surface area contributed by atoms with Crippen LogP contribution in [-0.4, -0.2) is 54.7 Å². The van der Waals surface area contributed by atoms with Crippen LogP contribution in [0, 0.1) is 5.41 Å². The minimum Gasteiger partial charge on any atom is -0.481 e. The van der Waals surface area contributed by atoms with E-state index in [2.05, 4.69) is 5.32 Å². The van der Waals surface area contributed by atoms with E-state index >= 15 is 0 Å². The first-order chi connectivity index (χ1) is 8.70. The standard InChI is InChI=1S/C12H22N2O5/c1-5-19-9(15)6-7-14(4)11(18)13-8-12(2,3)10(16)17/h5-8H2,1-4H3,(H,13,18)(H,16,17). The van der Waals surface area contributed by atoms with Crippen LogP contribution in [0.1, 0.15) is 27.2 Å². The minimum atomic E-state index is -1.03. The molecular weight excluding hydrogens is 252 g/mol. The van der Waals surface area contributed by atoms with Gasteiger partial charge < -0.3 is 20.1 Å². The first-order valence-electron chi connectivity index (χ1n) is 6.08. The van der Waals surface area contributed by atoms with Gasteiger partial charge in [-0.25, -0.2) is 4.79 Å². The maximum atomic E-state index is 11.7. The van der Waals surface area contributed by atoms with Crippen molar-refractivity contribution in [1.82, 2.24) is 10.2 Å². The number of aliphatic carboxylic acids is 1. The van der Waals surface area contributed by atoms with Gasteiger partial charge in [0.05, 0.1) is 18.4 Å². The third kappa shape index (κ3) is 6.64. The van der Waals surface area contributed by atoms with Crippen LogP contribution in [-0.2, 0) is 14.3 Å². The van der Waals surface area contributed by atoms with Crippen molar-refractivity contribution in [2.24, 2.45) is 5.41 Å². The lowest BCUT2D eigenvalue weighted by Crippen LogP contribution is -2.44. The Labute approximate surface area is 112 Å². The molecule has 19 heavy (non-hydrogen) atoms. The fourth-order valence-electron chi connectivity index (χ4n) is 1.10. The van der Waals surface area contributed by atoms with Gasteiger partial charge in [0.1, 0.15) is 0 Å². The van der Waals surface area contributed by atoms with Gasteiger partial charge in [-0.2, -0.15) is 0 Å². The number of carbonyl (C=O) groups is 3. The molecule has 0 atom stereocenters. The highest BCUT2D eigenvalue weighted by Gasteiger charge is 2.28. The van der Waals surface area contributed by atoms with Gasteiger partial charge >= 0.3 is 18.0 Å². The second kappa shape index (κ2) is 7.60. The fourth-order valence-corrected chi connectivity index (χ4v) is 1.10. The van der Waals surface area contributed by atoms with Gasteiger partial charge in [0, 0.05) is 20.1 Å². The molecule has 0 aromatic carbocycles. The Kier molecular flexibility index (Phi) is 6.89. The summed E-state index contributed by atoms with van der Waals surface area (Å²) in [5.74, 6) is -1.35. The Morgan fingerprint density at radius 3 is 2.37 bits per heavy atom. The maximum absolute atomic E-state index is 11.7. The molecular formula is C12H22N2O5. The van der Waals surface area contributed by atoms with Crippen LogP contribution >= 0.6 is 0 Å². The predicted octanol–water partition coefficient (Wildman–Crippen LogP) is 0.692.